The van der Waals surface area contributed by atoms with Crippen LogP contribution in [0.1, 0.15) is 32.4 Å². The van der Waals surface area contributed by atoms with Crippen molar-refractivity contribution in [2.75, 3.05) is 20.3 Å². The van der Waals surface area contributed by atoms with Crippen molar-refractivity contribution in [3.8, 4) is 0 Å². The van der Waals surface area contributed by atoms with Crippen LogP contribution in [0, 0.1) is 0 Å². The van der Waals surface area contributed by atoms with E-state index in [0.717, 1.165) is 4.47 Å². The van der Waals surface area contributed by atoms with Crippen LogP contribution >= 0.6 is 15.9 Å². The average molecular weight is 388 g/mol. The minimum absolute atomic E-state index is 0.110. The molecule has 1 rings (SSSR count). The van der Waals surface area contributed by atoms with Crippen LogP contribution in [0.3, 0.4) is 0 Å². The third-order valence-corrected chi connectivity index (χ3v) is 3.42. The topological polar surface area (TPSA) is 76.1 Å². The number of carbonyl (C=O) groups excluding carboxylic acids is 1. The molecular weight excluding hydrogens is 366 g/mol. The van der Waals surface area contributed by atoms with E-state index in [1.54, 1.807) is 45.0 Å². The highest BCUT2D eigenvalue weighted by molar-refractivity contribution is 9.10. The molecule has 0 aliphatic carbocycles. The number of carbonyl (C=O) groups is 2. The van der Waals surface area contributed by atoms with Gasteiger partial charge in [-0.3, -0.25) is 4.90 Å². The average Bonchev–Trinajstić information content (AvgIpc) is 2.42. The monoisotopic (exact) mass is 387 g/mol. The molecule has 0 radical (unpaired) electrons. The van der Waals surface area contributed by atoms with Gasteiger partial charge in [-0.15, -0.1) is 0 Å². The van der Waals surface area contributed by atoms with Crippen LogP contribution < -0.4 is 0 Å². The molecule has 1 N–H and O–H groups in total. The fourth-order valence-corrected chi connectivity index (χ4v) is 2.20. The van der Waals surface area contributed by atoms with E-state index in [1.807, 2.05) is 0 Å². The molecule has 1 amide bonds. The predicted octanol–water partition coefficient (Wildman–Crippen LogP) is 3.46. The van der Waals surface area contributed by atoms with Crippen LogP contribution in [-0.4, -0.2) is 47.9 Å². The molecule has 0 spiro atoms. The number of hydrogen-bond donors (Lipinski definition) is 1. The quantitative estimate of drug-likeness (QED) is 0.808. The van der Waals surface area contributed by atoms with Crippen LogP contribution in [-0.2, 0) is 14.3 Å². The second-order valence-electron chi connectivity index (χ2n) is 5.96. The molecule has 6 nitrogen and oxygen atoms in total. The zero-order valence-electron chi connectivity index (χ0n) is 13.7. The fraction of sp³-hybridized carbons (Fsp3) is 0.500. The minimum atomic E-state index is -1.15. The Balaban J connectivity index is 3.15. The SMILES string of the molecule is COCCN(C(=O)OC(C)(C)C)C(C(=O)O)c1ccc(Br)cc1. The molecule has 23 heavy (non-hydrogen) atoms. The zero-order valence-corrected chi connectivity index (χ0v) is 15.3. The van der Waals surface area contributed by atoms with E-state index in [9.17, 15) is 14.7 Å². The lowest BCUT2D eigenvalue weighted by atomic mass is 10.1. The van der Waals surface area contributed by atoms with Gasteiger partial charge in [0, 0.05) is 18.1 Å². The third-order valence-electron chi connectivity index (χ3n) is 2.90. The number of hydrogen-bond acceptors (Lipinski definition) is 4. The lowest BCUT2D eigenvalue weighted by Crippen LogP contribution is -2.43. The minimum Gasteiger partial charge on any atom is -0.479 e. The Morgan fingerprint density at radius 2 is 1.83 bits per heavy atom. The number of rotatable bonds is 6. The van der Waals surface area contributed by atoms with Gasteiger partial charge in [0.1, 0.15) is 5.60 Å². The molecule has 1 atom stereocenters. The number of nitrogens with zero attached hydrogens (tertiary/aromatic N) is 1. The number of methoxy groups -OCH3 is 1. The smallest absolute Gasteiger partial charge is 0.411 e. The number of halogens is 1. The van der Waals surface area contributed by atoms with E-state index in [0.29, 0.717) is 5.56 Å². The van der Waals surface area contributed by atoms with Gasteiger partial charge < -0.3 is 14.6 Å². The maximum atomic E-state index is 12.4. The molecule has 7 heteroatoms. The predicted molar refractivity (Wildman–Crippen MR) is 89.3 cm³/mol. The standard InChI is InChI=1S/C16H22BrNO5/c1-16(2,3)23-15(21)18(9-10-22-4)13(14(19)20)11-5-7-12(17)8-6-11/h5-8,13H,9-10H2,1-4H3,(H,19,20). The molecule has 0 fully saturated rings. The van der Waals surface area contributed by atoms with Crippen molar-refractivity contribution >= 4 is 28.0 Å². The molecule has 0 aliphatic heterocycles. The fourth-order valence-electron chi connectivity index (χ4n) is 1.94. The first-order valence-electron chi connectivity index (χ1n) is 7.12. The molecule has 1 aromatic rings. The highest BCUT2D eigenvalue weighted by atomic mass is 79.9. The Labute approximate surface area is 144 Å². The molecule has 128 valence electrons. The third kappa shape index (κ3) is 6.19. The van der Waals surface area contributed by atoms with Gasteiger partial charge in [0.15, 0.2) is 6.04 Å². The van der Waals surface area contributed by atoms with E-state index in [2.05, 4.69) is 15.9 Å². The number of carboxylic acids is 1. The van der Waals surface area contributed by atoms with Gasteiger partial charge >= 0.3 is 12.1 Å². The molecular formula is C16H22BrNO5. The van der Waals surface area contributed by atoms with Crippen LogP contribution in [0.5, 0.6) is 0 Å². The second-order valence-corrected chi connectivity index (χ2v) is 6.87. The molecule has 0 saturated heterocycles. The van der Waals surface area contributed by atoms with Gasteiger partial charge in [-0.05, 0) is 38.5 Å². The molecule has 0 heterocycles. The number of amides is 1. The summed E-state index contributed by atoms with van der Waals surface area (Å²) in [6.07, 6.45) is -0.690. The van der Waals surface area contributed by atoms with Gasteiger partial charge in [0.25, 0.3) is 0 Å². The number of benzene rings is 1. The zero-order chi connectivity index (χ0) is 17.6. The summed E-state index contributed by atoms with van der Waals surface area (Å²) in [5, 5.41) is 9.61. The van der Waals surface area contributed by atoms with E-state index in [1.165, 1.54) is 12.0 Å². The molecule has 0 bridgehead atoms. The number of aliphatic carboxylic acids is 1. The Bertz CT molecular complexity index is 538. The molecule has 0 aromatic heterocycles. The summed E-state index contributed by atoms with van der Waals surface area (Å²) in [4.78, 5) is 25.4. The van der Waals surface area contributed by atoms with Crippen molar-refractivity contribution in [2.45, 2.75) is 32.4 Å². The Hall–Kier alpha value is -1.60. The van der Waals surface area contributed by atoms with Crippen molar-refractivity contribution in [1.82, 2.24) is 4.90 Å². The van der Waals surface area contributed by atoms with Gasteiger partial charge in [0.2, 0.25) is 0 Å². The van der Waals surface area contributed by atoms with E-state index < -0.39 is 23.7 Å². The lowest BCUT2D eigenvalue weighted by molar-refractivity contribution is -0.143. The highest BCUT2D eigenvalue weighted by Crippen LogP contribution is 2.25. The molecule has 0 aliphatic rings. The Morgan fingerprint density at radius 3 is 2.26 bits per heavy atom. The highest BCUT2D eigenvalue weighted by Gasteiger charge is 2.34. The summed E-state index contributed by atoms with van der Waals surface area (Å²) in [5.74, 6) is -1.13. The maximum absolute atomic E-state index is 12.4. The summed E-state index contributed by atoms with van der Waals surface area (Å²) in [5.41, 5.74) is -0.229. The molecule has 1 unspecified atom stereocenters. The van der Waals surface area contributed by atoms with Crippen LogP contribution in [0.25, 0.3) is 0 Å². The first kappa shape index (κ1) is 19.4. The van der Waals surface area contributed by atoms with Crippen molar-refractivity contribution in [1.29, 1.82) is 0 Å². The van der Waals surface area contributed by atoms with Gasteiger partial charge in [-0.1, -0.05) is 28.1 Å². The van der Waals surface area contributed by atoms with E-state index in [4.69, 9.17) is 9.47 Å². The van der Waals surface area contributed by atoms with Crippen molar-refractivity contribution < 1.29 is 24.2 Å². The normalized spacial score (nSPS) is 12.6. The van der Waals surface area contributed by atoms with Crippen LogP contribution in [0.15, 0.2) is 28.7 Å². The van der Waals surface area contributed by atoms with Crippen molar-refractivity contribution in [3.05, 3.63) is 34.3 Å². The summed E-state index contributed by atoms with van der Waals surface area (Å²) in [7, 11) is 1.49. The maximum Gasteiger partial charge on any atom is 0.411 e. The van der Waals surface area contributed by atoms with Gasteiger partial charge in [-0.2, -0.15) is 0 Å². The molecule has 1 aromatic carbocycles. The summed E-state index contributed by atoms with van der Waals surface area (Å²) in [6.45, 7) is 5.51. The van der Waals surface area contributed by atoms with E-state index >= 15 is 0 Å². The molecule has 0 saturated carbocycles. The van der Waals surface area contributed by atoms with Gasteiger partial charge in [0.05, 0.1) is 6.61 Å². The summed E-state index contributed by atoms with van der Waals surface area (Å²) >= 11 is 3.31. The largest absolute Gasteiger partial charge is 0.479 e. The Morgan fingerprint density at radius 1 is 1.26 bits per heavy atom. The number of ether oxygens (including phenoxy) is 2. The Kier molecular flexibility index (Phi) is 7.02. The summed E-state index contributed by atoms with van der Waals surface area (Å²) in [6, 6.07) is 5.64. The van der Waals surface area contributed by atoms with Gasteiger partial charge in [-0.25, -0.2) is 9.59 Å². The van der Waals surface area contributed by atoms with Crippen LogP contribution in [0.2, 0.25) is 0 Å². The first-order valence-corrected chi connectivity index (χ1v) is 7.92. The van der Waals surface area contributed by atoms with Crippen molar-refractivity contribution in [3.63, 3.8) is 0 Å². The van der Waals surface area contributed by atoms with E-state index in [-0.39, 0.29) is 13.2 Å². The first-order chi connectivity index (χ1) is 10.7. The van der Waals surface area contributed by atoms with Crippen LogP contribution in [0.4, 0.5) is 4.79 Å². The van der Waals surface area contributed by atoms with Crippen molar-refractivity contribution in [2.24, 2.45) is 0 Å². The summed E-state index contributed by atoms with van der Waals surface area (Å²) < 4.78 is 11.1. The second kappa shape index (κ2) is 8.31. The number of carboxylic acid groups (broad SMARTS) is 1. The lowest BCUT2D eigenvalue weighted by Gasteiger charge is -2.31.